The number of benzene rings is 2. The molecule has 0 aliphatic carbocycles. The Labute approximate surface area is 195 Å². The van der Waals surface area contributed by atoms with E-state index in [9.17, 15) is 4.79 Å². The summed E-state index contributed by atoms with van der Waals surface area (Å²) < 4.78 is 1.93. The van der Waals surface area contributed by atoms with E-state index in [4.69, 9.17) is 0 Å². The van der Waals surface area contributed by atoms with Crippen LogP contribution in [0.25, 0.3) is 11.3 Å². The molecular formula is C27H31N5O. The molecule has 1 aromatic heterocycles. The zero-order chi connectivity index (χ0) is 22.6. The van der Waals surface area contributed by atoms with Crippen molar-refractivity contribution in [3.05, 3.63) is 84.2 Å². The van der Waals surface area contributed by atoms with Gasteiger partial charge >= 0.3 is 0 Å². The van der Waals surface area contributed by atoms with Gasteiger partial charge in [0.15, 0.2) is 0 Å². The third-order valence-electron chi connectivity index (χ3n) is 6.66. The van der Waals surface area contributed by atoms with Gasteiger partial charge in [0.2, 0.25) is 5.91 Å². The van der Waals surface area contributed by atoms with Gasteiger partial charge in [-0.05, 0) is 43.2 Å². The van der Waals surface area contributed by atoms with Gasteiger partial charge < -0.3 is 9.80 Å². The number of nitrogens with zero attached hydrogens (tertiary/aromatic N) is 5. The third kappa shape index (κ3) is 5.01. The summed E-state index contributed by atoms with van der Waals surface area (Å²) in [6, 6.07) is 18.8. The number of carbonyl (C=O) groups is 1. The molecule has 0 saturated carbocycles. The number of rotatable bonds is 5. The Morgan fingerprint density at radius 2 is 1.67 bits per heavy atom. The number of hydrogen-bond acceptors (Lipinski definition) is 4. The van der Waals surface area contributed by atoms with Gasteiger partial charge in [0.1, 0.15) is 0 Å². The fourth-order valence-corrected chi connectivity index (χ4v) is 4.59. The van der Waals surface area contributed by atoms with E-state index in [0.717, 1.165) is 51.4 Å². The maximum atomic E-state index is 12.9. The van der Waals surface area contributed by atoms with E-state index >= 15 is 0 Å². The van der Waals surface area contributed by atoms with Gasteiger partial charge in [-0.2, -0.15) is 5.10 Å². The van der Waals surface area contributed by atoms with E-state index < -0.39 is 0 Å². The quantitative estimate of drug-likeness (QED) is 0.607. The number of piperazine rings is 1. The van der Waals surface area contributed by atoms with Gasteiger partial charge in [0.05, 0.1) is 18.4 Å². The highest BCUT2D eigenvalue weighted by Crippen LogP contribution is 2.23. The minimum atomic E-state index is 0.242. The van der Waals surface area contributed by atoms with Crippen molar-refractivity contribution in [2.45, 2.75) is 13.3 Å². The highest BCUT2D eigenvalue weighted by atomic mass is 16.2. The average Bonchev–Trinajstić information content (AvgIpc) is 3.36. The van der Waals surface area contributed by atoms with Gasteiger partial charge in [-0.15, -0.1) is 0 Å². The first-order valence-corrected chi connectivity index (χ1v) is 11.8. The Bertz CT molecular complexity index is 1110. The summed E-state index contributed by atoms with van der Waals surface area (Å²) in [6.45, 7) is 7.67. The van der Waals surface area contributed by atoms with Gasteiger partial charge in [-0.3, -0.25) is 9.69 Å². The van der Waals surface area contributed by atoms with Crippen molar-refractivity contribution in [3.8, 4) is 5.69 Å². The van der Waals surface area contributed by atoms with Crippen LogP contribution in [0.1, 0.15) is 17.5 Å². The predicted molar refractivity (Wildman–Crippen MR) is 133 cm³/mol. The molecule has 5 rings (SSSR count). The van der Waals surface area contributed by atoms with Crippen molar-refractivity contribution in [2.75, 3.05) is 50.7 Å². The average molecular weight is 442 g/mol. The maximum absolute atomic E-state index is 12.9. The summed E-state index contributed by atoms with van der Waals surface area (Å²) in [4.78, 5) is 19.5. The molecule has 2 aromatic carbocycles. The van der Waals surface area contributed by atoms with Crippen LogP contribution in [0.2, 0.25) is 0 Å². The number of para-hydroxylation sites is 1. The first-order chi connectivity index (χ1) is 16.2. The molecule has 2 aliphatic heterocycles. The molecule has 3 aromatic rings. The zero-order valence-corrected chi connectivity index (χ0v) is 19.2. The van der Waals surface area contributed by atoms with E-state index in [1.165, 1.54) is 22.4 Å². The molecule has 0 atom stereocenters. The number of aromatic nitrogens is 2. The van der Waals surface area contributed by atoms with Crippen molar-refractivity contribution in [1.29, 1.82) is 0 Å². The minimum Gasteiger partial charge on any atom is -0.368 e. The number of amides is 1. The molecule has 6 nitrogen and oxygen atoms in total. The van der Waals surface area contributed by atoms with E-state index in [-0.39, 0.29) is 5.91 Å². The number of aryl methyl sites for hydroxylation is 1. The summed E-state index contributed by atoms with van der Waals surface area (Å²) in [5, 5.41) is 4.55. The van der Waals surface area contributed by atoms with Crippen LogP contribution >= 0.6 is 0 Å². The van der Waals surface area contributed by atoms with Crippen molar-refractivity contribution in [2.24, 2.45) is 0 Å². The highest BCUT2D eigenvalue weighted by Gasteiger charge is 2.24. The van der Waals surface area contributed by atoms with Gasteiger partial charge in [0, 0.05) is 56.7 Å². The Morgan fingerprint density at radius 1 is 0.909 bits per heavy atom. The number of hydrogen-bond donors (Lipinski definition) is 0. The lowest BCUT2D eigenvalue weighted by atomic mass is 10.0. The van der Waals surface area contributed by atoms with Crippen LogP contribution < -0.4 is 4.90 Å². The van der Waals surface area contributed by atoms with Gasteiger partial charge in [-0.25, -0.2) is 4.68 Å². The second kappa shape index (κ2) is 9.63. The van der Waals surface area contributed by atoms with Crippen LogP contribution in [0.15, 0.2) is 73.1 Å². The van der Waals surface area contributed by atoms with E-state index in [0.29, 0.717) is 6.54 Å². The van der Waals surface area contributed by atoms with Crippen molar-refractivity contribution in [1.82, 2.24) is 19.6 Å². The highest BCUT2D eigenvalue weighted by molar-refractivity contribution is 5.79. The predicted octanol–water partition coefficient (Wildman–Crippen LogP) is 3.62. The summed E-state index contributed by atoms with van der Waals surface area (Å²) in [5.74, 6) is 0.242. The topological polar surface area (TPSA) is 44.6 Å². The number of carbonyl (C=O) groups excluding carboxylic acids is 1. The molecule has 0 unspecified atom stereocenters. The molecule has 3 heterocycles. The molecule has 0 N–H and O–H groups in total. The van der Waals surface area contributed by atoms with Crippen LogP contribution in [-0.2, 0) is 4.79 Å². The second-order valence-electron chi connectivity index (χ2n) is 8.93. The van der Waals surface area contributed by atoms with Crippen molar-refractivity contribution < 1.29 is 4.79 Å². The summed E-state index contributed by atoms with van der Waals surface area (Å²) in [5.41, 5.74) is 6.03. The molecule has 0 spiro atoms. The zero-order valence-electron chi connectivity index (χ0n) is 19.2. The van der Waals surface area contributed by atoms with Crippen LogP contribution in [0.3, 0.4) is 0 Å². The van der Waals surface area contributed by atoms with E-state index in [1.54, 1.807) is 0 Å². The molecule has 0 bridgehead atoms. The number of anilines is 1. The summed E-state index contributed by atoms with van der Waals surface area (Å²) in [6.07, 6.45) is 7.23. The van der Waals surface area contributed by atoms with E-state index in [2.05, 4.69) is 82.6 Å². The molecule has 6 heteroatoms. The Balaban J connectivity index is 1.13. The van der Waals surface area contributed by atoms with Crippen LogP contribution in [-0.4, -0.2) is 71.3 Å². The molecule has 33 heavy (non-hydrogen) atoms. The fourth-order valence-electron chi connectivity index (χ4n) is 4.59. The Morgan fingerprint density at radius 3 is 2.36 bits per heavy atom. The Hall–Kier alpha value is -3.38. The first-order valence-electron chi connectivity index (χ1n) is 11.8. The SMILES string of the molecule is Cc1ccc(-n2cc(C3=CCN(CC(=O)N4CCN(c5ccccc5)CC4)CC3)cn2)cc1. The van der Waals surface area contributed by atoms with Crippen molar-refractivity contribution in [3.63, 3.8) is 0 Å². The van der Waals surface area contributed by atoms with Crippen LogP contribution in [0.5, 0.6) is 0 Å². The molecular weight excluding hydrogens is 410 g/mol. The second-order valence-corrected chi connectivity index (χ2v) is 8.93. The molecule has 170 valence electrons. The Kier molecular flexibility index (Phi) is 6.26. The van der Waals surface area contributed by atoms with E-state index in [1.807, 2.05) is 21.8 Å². The standard InChI is InChI=1S/C27H31N5O/c1-22-7-9-26(10-8-22)32-20-24(19-28-32)23-11-13-29(14-12-23)21-27(33)31-17-15-30(16-18-31)25-5-3-2-4-6-25/h2-11,19-20H,12-18,21H2,1H3. The van der Waals surface area contributed by atoms with Gasteiger partial charge in [0.25, 0.3) is 0 Å². The summed E-state index contributed by atoms with van der Waals surface area (Å²) >= 11 is 0. The minimum absolute atomic E-state index is 0.242. The van der Waals surface area contributed by atoms with Crippen LogP contribution in [0, 0.1) is 6.92 Å². The lowest BCUT2D eigenvalue weighted by Gasteiger charge is -2.37. The normalized spacial score (nSPS) is 17.2. The molecule has 0 radical (unpaired) electrons. The molecule has 2 aliphatic rings. The smallest absolute Gasteiger partial charge is 0.236 e. The first kappa shape index (κ1) is 21.5. The monoisotopic (exact) mass is 441 g/mol. The van der Waals surface area contributed by atoms with Gasteiger partial charge in [-0.1, -0.05) is 42.0 Å². The lowest BCUT2D eigenvalue weighted by molar-refractivity contribution is -0.132. The molecule has 1 amide bonds. The van der Waals surface area contributed by atoms with Crippen LogP contribution in [0.4, 0.5) is 5.69 Å². The molecule has 1 saturated heterocycles. The lowest BCUT2D eigenvalue weighted by Crippen LogP contribution is -2.51. The fraction of sp³-hybridized carbons (Fsp3) is 0.333. The van der Waals surface area contributed by atoms with Crippen molar-refractivity contribution >= 4 is 17.2 Å². The summed E-state index contributed by atoms with van der Waals surface area (Å²) in [7, 11) is 0. The molecule has 1 fully saturated rings. The largest absolute Gasteiger partial charge is 0.368 e. The maximum Gasteiger partial charge on any atom is 0.236 e. The third-order valence-corrected chi connectivity index (χ3v) is 6.66.